The Kier molecular flexibility index (Phi) is 2.57. The van der Waals surface area contributed by atoms with E-state index in [1.54, 1.807) is 6.07 Å². The number of benzene rings is 1. The second-order valence-corrected chi connectivity index (χ2v) is 3.94. The minimum absolute atomic E-state index is 0.354. The average molecular weight is 313 g/mol. The van der Waals surface area contributed by atoms with Crippen LogP contribution in [0.5, 0.6) is 5.75 Å². The number of hydrogen-bond acceptors (Lipinski definition) is 1. The summed E-state index contributed by atoms with van der Waals surface area (Å²) < 4.78 is 2.10. The van der Waals surface area contributed by atoms with Crippen LogP contribution in [0, 0.1) is 10.5 Å². The van der Waals surface area contributed by atoms with Crippen LogP contribution in [-0.2, 0) is 0 Å². The molecular formula is C7H6BrIO. The highest BCUT2D eigenvalue weighted by atomic mass is 127. The van der Waals surface area contributed by atoms with Crippen molar-refractivity contribution in [1.82, 2.24) is 0 Å². The summed E-state index contributed by atoms with van der Waals surface area (Å²) in [5, 5.41) is 9.20. The fraction of sp³-hybridized carbons (Fsp3) is 0.143. The van der Waals surface area contributed by atoms with Crippen molar-refractivity contribution >= 4 is 38.5 Å². The molecule has 54 valence electrons. The fourth-order valence-corrected chi connectivity index (χ4v) is 1.53. The molecule has 0 aliphatic rings. The standard InChI is InChI=1S/C7H6BrIO/c1-4-6(10)3-2-5(8)7(4)9/h2-3,10H,1H3. The van der Waals surface area contributed by atoms with Crippen LogP contribution in [0.1, 0.15) is 5.56 Å². The second-order valence-electron chi connectivity index (χ2n) is 2.01. The maximum atomic E-state index is 9.20. The molecular weight excluding hydrogens is 307 g/mol. The van der Waals surface area contributed by atoms with Gasteiger partial charge in [-0.3, -0.25) is 0 Å². The van der Waals surface area contributed by atoms with E-state index in [0.29, 0.717) is 5.75 Å². The smallest absolute Gasteiger partial charge is 0.119 e. The van der Waals surface area contributed by atoms with Gasteiger partial charge in [-0.2, -0.15) is 0 Å². The monoisotopic (exact) mass is 312 g/mol. The van der Waals surface area contributed by atoms with Crippen molar-refractivity contribution in [3.63, 3.8) is 0 Å². The number of rotatable bonds is 0. The summed E-state index contributed by atoms with van der Waals surface area (Å²) in [6, 6.07) is 3.52. The molecule has 0 spiro atoms. The van der Waals surface area contributed by atoms with Gasteiger partial charge in [0.1, 0.15) is 5.75 Å². The molecule has 1 N–H and O–H groups in total. The van der Waals surface area contributed by atoms with Crippen molar-refractivity contribution in [2.24, 2.45) is 0 Å². The van der Waals surface area contributed by atoms with Crippen molar-refractivity contribution < 1.29 is 5.11 Å². The molecule has 1 nitrogen and oxygen atoms in total. The molecule has 0 fully saturated rings. The summed E-state index contributed by atoms with van der Waals surface area (Å²) >= 11 is 5.55. The van der Waals surface area contributed by atoms with E-state index < -0.39 is 0 Å². The van der Waals surface area contributed by atoms with E-state index >= 15 is 0 Å². The summed E-state index contributed by atoms with van der Waals surface area (Å²) in [5.41, 5.74) is 0.926. The summed E-state index contributed by atoms with van der Waals surface area (Å²) in [5.74, 6) is 0.354. The van der Waals surface area contributed by atoms with Gasteiger partial charge in [0.15, 0.2) is 0 Å². The van der Waals surface area contributed by atoms with Gasteiger partial charge in [0.25, 0.3) is 0 Å². The van der Waals surface area contributed by atoms with E-state index in [4.69, 9.17) is 0 Å². The zero-order valence-corrected chi connectivity index (χ0v) is 9.10. The molecule has 3 heteroatoms. The van der Waals surface area contributed by atoms with Gasteiger partial charge in [0, 0.05) is 13.6 Å². The Hall–Kier alpha value is 0.230. The fourth-order valence-electron chi connectivity index (χ4n) is 0.642. The highest BCUT2D eigenvalue weighted by Crippen LogP contribution is 2.28. The van der Waals surface area contributed by atoms with Gasteiger partial charge in [-0.05, 0) is 57.6 Å². The number of halogens is 2. The summed E-state index contributed by atoms with van der Waals surface area (Å²) in [6.45, 7) is 1.89. The third kappa shape index (κ3) is 1.45. The van der Waals surface area contributed by atoms with Crippen LogP contribution in [0.3, 0.4) is 0 Å². The predicted molar refractivity (Wildman–Crippen MR) is 53.3 cm³/mol. The maximum Gasteiger partial charge on any atom is 0.119 e. The third-order valence-electron chi connectivity index (χ3n) is 1.31. The quantitative estimate of drug-likeness (QED) is 0.730. The van der Waals surface area contributed by atoms with Gasteiger partial charge in [-0.15, -0.1) is 0 Å². The zero-order valence-electron chi connectivity index (χ0n) is 5.36. The lowest BCUT2D eigenvalue weighted by atomic mass is 10.2. The van der Waals surface area contributed by atoms with Gasteiger partial charge < -0.3 is 5.11 Å². The molecule has 1 aromatic carbocycles. The lowest BCUT2D eigenvalue weighted by molar-refractivity contribution is 0.470. The van der Waals surface area contributed by atoms with Gasteiger partial charge in [-0.1, -0.05) is 0 Å². The molecule has 0 heterocycles. The normalized spacial score (nSPS) is 9.90. The molecule has 0 atom stereocenters. The number of phenols is 1. The van der Waals surface area contributed by atoms with Crippen molar-refractivity contribution in [2.75, 3.05) is 0 Å². The summed E-state index contributed by atoms with van der Waals surface area (Å²) in [4.78, 5) is 0. The van der Waals surface area contributed by atoms with Crippen molar-refractivity contribution in [1.29, 1.82) is 0 Å². The molecule has 1 rings (SSSR count). The Labute approximate surface area is 81.7 Å². The van der Waals surface area contributed by atoms with E-state index in [9.17, 15) is 5.11 Å². The van der Waals surface area contributed by atoms with Crippen LogP contribution in [-0.4, -0.2) is 5.11 Å². The molecule has 0 bridgehead atoms. The average Bonchev–Trinajstić information content (AvgIpc) is 1.93. The van der Waals surface area contributed by atoms with E-state index in [2.05, 4.69) is 38.5 Å². The van der Waals surface area contributed by atoms with Gasteiger partial charge >= 0.3 is 0 Å². The molecule has 10 heavy (non-hydrogen) atoms. The highest BCUT2D eigenvalue weighted by molar-refractivity contribution is 14.1. The predicted octanol–water partition coefficient (Wildman–Crippen LogP) is 3.07. The topological polar surface area (TPSA) is 20.2 Å². The molecule has 0 aliphatic carbocycles. The van der Waals surface area contributed by atoms with Crippen LogP contribution < -0.4 is 0 Å². The SMILES string of the molecule is Cc1c(O)ccc(Br)c1I. The molecule has 0 radical (unpaired) electrons. The lowest BCUT2D eigenvalue weighted by Crippen LogP contribution is -1.81. The molecule has 1 aromatic rings. The Morgan fingerprint density at radius 1 is 1.50 bits per heavy atom. The Morgan fingerprint density at radius 2 is 2.10 bits per heavy atom. The van der Waals surface area contributed by atoms with Crippen LogP contribution >= 0.6 is 38.5 Å². The molecule has 0 amide bonds. The molecule has 0 saturated carbocycles. The van der Waals surface area contributed by atoms with Crippen LogP contribution in [0.25, 0.3) is 0 Å². The number of aromatic hydroxyl groups is 1. The lowest BCUT2D eigenvalue weighted by Gasteiger charge is -2.02. The highest BCUT2D eigenvalue weighted by Gasteiger charge is 2.02. The van der Waals surface area contributed by atoms with E-state index in [1.807, 2.05) is 13.0 Å². The van der Waals surface area contributed by atoms with Crippen LogP contribution in [0.15, 0.2) is 16.6 Å². The van der Waals surface area contributed by atoms with Gasteiger partial charge in [0.05, 0.1) is 0 Å². The van der Waals surface area contributed by atoms with Gasteiger partial charge in [-0.25, -0.2) is 0 Å². The molecule has 0 saturated heterocycles. The first-order valence-electron chi connectivity index (χ1n) is 2.76. The minimum atomic E-state index is 0.354. The van der Waals surface area contributed by atoms with Crippen molar-refractivity contribution in [3.8, 4) is 5.75 Å². The van der Waals surface area contributed by atoms with Gasteiger partial charge in [0.2, 0.25) is 0 Å². The zero-order chi connectivity index (χ0) is 7.72. The van der Waals surface area contributed by atoms with Crippen molar-refractivity contribution in [2.45, 2.75) is 6.92 Å². The number of hydrogen-bond donors (Lipinski definition) is 1. The molecule has 0 aromatic heterocycles. The summed E-state index contributed by atoms with van der Waals surface area (Å²) in [6.07, 6.45) is 0. The van der Waals surface area contributed by atoms with E-state index in [0.717, 1.165) is 13.6 Å². The van der Waals surface area contributed by atoms with Crippen LogP contribution in [0.2, 0.25) is 0 Å². The molecule has 0 aliphatic heterocycles. The van der Waals surface area contributed by atoms with Crippen molar-refractivity contribution in [3.05, 3.63) is 25.7 Å². The first-order chi connectivity index (χ1) is 4.63. The summed E-state index contributed by atoms with van der Waals surface area (Å²) in [7, 11) is 0. The molecule has 0 unspecified atom stereocenters. The minimum Gasteiger partial charge on any atom is -0.508 e. The first-order valence-corrected chi connectivity index (χ1v) is 4.63. The Morgan fingerprint density at radius 3 is 2.60 bits per heavy atom. The Balaban J connectivity index is 3.34. The van der Waals surface area contributed by atoms with E-state index in [-0.39, 0.29) is 0 Å². The number of phenolic OH excluding ortho intramolecular Hbond substituents is 1. The second kappa shape index (κ2) is 3.09. The van der Waals surface area contributed by atoms with Crippen LogP contribution in [0.4, 0.5) is 0 Å². The maximum absolute atomic E-state index is 9.20. The first kappa shape index (κ1) is 8.33. The Bertz CT molecular complexity index is 233. The van der Waals surface area contributed by atoms with E-state index in [1.165, 1.54) is 0 Å². The third-order valence-corrected chi connectivity index (χ3v) is 4.10. The largest absolute Gasteiger partial charge is 0.508 e.